The summed E-state index contributed by atoms with van der Waals surface area (Å²) in [5.74, 6) is -0.217. The smallest absolute Gasteiger partial charge is 0.320 e. The van der Waals surface area contributed by atoms with Gasteiger partial charge in [0.15, 0.2) is 0 Å². The van der Waals surface area contributed by atoms with Crippen LogP contribution >= 0.6 is 11.8 Å². The van der Waals surface area contributed by atoms with E-state index < -0.39 is 11.9 Å². The molecule has 0 bridgehead atoms. The molecule has 2 amide bonds. The Morgan fingerprint density at radius 2 is 1.89 bits per heavy atom. The molecule has 0 radical (unpaired) electrons. The van der Waals surface area contributed by atoms with E-state index in [0.29, 0.717) is 18.3 Å². The minimum Gasteiger partial charge on any atom is -0.481 e. The highest BCUT2D eigenvalue weighted by Gasteiger charge is 2.40. The lowest BCUT2D eigenvalue weighted by Crippen LogP contribution is -2.52. The Bertz CT molecular complexity index is 377. The van der Waals surface area contributed by atoms with Gasteiger partial charge in [-0.25, -0.2) is 4.79 Å². The highest BCUT2D eigenvalue weighted by atomic mass is 32.2. The summed E-state index contributed by atoms with van der Waals surface area (Å²) in [7, 11) is 0. The third-order valence-electron chi connectivity index (χ3n) is 4.33. The van der Waals surface area contributed by atoms with Crippen LogP contribution in [0.3, 0.4) is 0 Å². The summed E-state index contributed by atoms with van der Waals surface area (Å²) in [5, 5.41) is 9.57. The van der Waals surface area contributed by atoms with Gasteiger partial charge >= 0.3 is 12.0 Å². The summed E-state index contributed by atoms with van der Waals surface area (Å²) >= 11 is 1.89. The third kappa shape index (κ3) is 2.83. The Hall–Kier alpha value is -0.910. The molecule has 0 aromatic rings. The molecule has 0 aliphatic carbocycles. The van der Waals surface area contributed by atoms with Gasteiger partial charge in [0, 0.05) is 36.7 Å². The molecule has 0 aromatic carbocycles. The van der Waals surface area contributed by atoms with Crippen molar-refractivity contribution in [1.29, 1.82) is 0 Å². The number of rotatable bonds is 1. The van der Waals surface area contributed by atoms with Crippen molar-refractivity contribution in [2.45, 2.75) is 32.1 Å². The Morgan fingerprint density at radius 1 is 1.21 bits per heavy atom. The fourth-order valence-electron chi connectivity index (χ4n) is 2.83. The number of carbonyl (C=O) groups is 2. The molecule has 2 unspecified atom stereocenters. The number of hydrogen-bond donors (Lipinski definition) is 1. The monoisotopic (exact) mass is 286 g/mol. The molecule has 4 atom stereocenters. The van der Waals surface area contributed by atoms with Gasteiger partial charge in [-0.2, -0.15) is 11.8 Å². The number of likely N-dealkylation sites (tertiary alicyclic amines) is 1. The van der Waals surface area contributed by atoms with E-state index in [2.05, 4.69) is 13.8 Å². The number of carboxylic acid groups (broad SMARTS) is 1. The third-order valence-corrected chi connectivity index (χ3v) is 5.67. The van der Waals surface area contributed by atoms with Gasteiger partial charge in [0.2, 0.25) is 0 Å². The van der Waals surface area contributed by atoms with Gasteiger partial charge in [-0.15, -0.1) is 0 Å². The highest BCUT2D eigenvalue weighted by molar-refractivity contribution is 8.00. The molecule has 2 aliphatic rings. The molecular weight excluding hydrogens is 264 g/mol. The highest BCUT2D eigenvalue weighted by Crippen LogP contribution is 2.28. The van der Waals surface area contributed by atoms with E-state index >= 15 is 0 Å². The van der Waals surface area contributed by atoms with Crippen LogP contribution in [0.25, 0.3) is 0 Å². The Balaban J connectivity index is 2.02. The molecule has 2 rings (SSSR count). The van der Waals surface area contributed by atoms with Gasteiger partial charge < -0.3 is 14.9 Å². The summed E-state index contributed by atoms with van der Waals surface area (Å²) in [5.41, 5.74) is 0. The van der Waals surface area contributed by atoms with Gasteiger partial charge in [-0.05, 0) is 12.8 Å². The Labute approximate surface area is 118 Å². The summed E-state index contributed by atoms with van der Waals surface area (Å²) < 4.78 is 0. The lowest BCUT2D eigenvalue weighted by molar-refractivity contribution is -0.142. The molecule has 5 nitrogen and oxygen atoms in total. The van der Waals surface area contributed by atoms with Crippen LogP contribution in [0.4, 0.5) is 4.79 Å². The molecule has 2 saturated heterocycles. The molecule has 19 heavy (non-hydrogen) atoms. The first kappa shape index (κ1) is 14.5. The summed E-state index contributed by atoms with van der Waals surface area (Å²) in [6, 6.07) is 0.223. The maximum Gasteiger partial charge on any atom is 0.320 e. The molecule has 0 spiro atoms. The first-order valence-electron chi connectivity index (χ1n) is 6.81. The second kappa shape index (κ2) is 5.61. The lowest BCUT2D eigenvalue weighted by atomic mass is 9.99. The van der Waals surface area contributed by atoms with Crippen LogP contribution in [0, 0.1) is 11.8 Å². The fourth-order valence-corrected chi connectivity index (χ4v) is 3.93. The molecule has 2 aliphatic heterocycles. The largest absolute Gasteiger partial charge is 0.481 e. The van der Waals surface area contributed by atoms with Crippen LogP contribution in [0.1, 0.15) is 20.8 Å². The van der Waals surface area contributed by atoms with E-state index in [0.717, 1.165) is 12.3 Å². The number of aliphatic carboxylic acids is 1. The van der Waals surface area contributed by atoms with Gasteiger partial charge in [0.25, 0.3) is 0 Å². The summed E-state index contributed by atoms with van der Waals surface area (Å²) in [6.07, 6.45) is 0. The maximum absolute atomic E-state index is 12.5. The van der Waals surface area contributed by atoms with Crippen molar-refractivity contribution in [2.24, 2.45) is 11.8 Å². The van der Waals surface area contributed by atoms with Gasteiger partial charge in [-0.3, -0.25) is 4.79 Å². The number of hydrogen-bond acceptors (Lipinski definition) is 3. The van der Waals surface area contributed by atoms with Crippen LogP contribution in [-0.2, 0) is 4.79 Å². The number of nitrogens with zero attached hydrogens (tertiary/aromatic N) is 2. The van der Waals surface area contributed by atoms with Gasteiger partial charge in [0.1, 0.15) is 0 Å². The van der Waals surface area contributed by atoms with E-state index in [4.69, 9.17) is 5.11 Å². The molecular formula is C13H22N2O3S. The van der Waals surface area contributed by atoms with Crippen molar-refractivity contribution in [3.8, 4) is 0 Å². The number of urea groups is 1. The minimum absolute atomic E-state index is 0.00949. The van der Waals surface area contributed by atoms with Crippen LogP contribution in [0.15, 0.2) is 0 Å². The van der Waals surface area contributed by atoms with Crippen molar-refractivity contribution in [2.75, 3.05) is 25.4 Å². The Kier molecular flexibility index (Phi) is 4.28. The van der Waals surface area contributed by atoms with Crippen LogP contribution in [-0.4, -0.2) is 63.6 Å². The van der Waals surface area contributed by atoms with E-state index in [-0.39, 0.29) is 18.0 Å². The van der Waals surface area contributed by atoms with E-state index in [9.17, 15) is 9.59 Å². The van der Waals surface area contributed by atoms with Crippen molar-refractivity contribution in [1.82, 2.24) is 9.80 Å². The normalized spacial score (nSPS) is 35.5. The molecule has 6 heteroatoms. The molecule has 1 N–H and O–H groups in total. The average Bonchev–Trinajstić information content (AvgIpc) is 2.74. The van der Waals surface area contributed by atoms with Crippen molar-refractivity contribution in [3.05, 3.63) is 0 Å². The molecule has 2 fully saturated rings. The second-order valence-electron chi connectivity index (χ2n) is 5.62. The Morgan fingerprint density at radius 3 is 2.47 bits per heavy atom. The van der Waals surface area contributed by atoms with Crippen LogP contribution in [0.5, 0.6) is 0 Å². The topological polar surface area (TPSA) is 60.9 Å². The van der Waals surface area contributed by atoms with E-state index in [1.165, 1.54) is 0 Å². The zero-order chi connectivity index (χ0) is 14.2. The predicted molar refractivity (Wildman–Crippen MR) is 75.3 cm³/mol. The lowest BCUT2D eigenvalue weighted by Gasteiger charge is -2.39. The standard InChI is InChI=1S/C13H22N2O3S/c1-8-6-14(7-11(8)12(16)17)13(18)15-4-5-19-10(3)9(15)2/h8-11H,4-7H2,1-3H3,(H,16,17)/t8-,9?,10?,11-/m1/s1. The van der Waals surface area contributed by atoms with Gasteiger partial charge in [-0.1, -0.05) is 13.8 Å². The number of amides is 2. The summed E-state index contributed by atoms with van der Waals surface area (Å²) in [6.45, 7) is 7.78. The predicted octanol–water partition coefficient (Wildman–Crippen LogP) is 1.58. The minimum atomic E-state index is -0.793. The number of thioether (sulfide) groups is 1. The average molecular weight is 286 g/mol. The molecule has 108 valence electrons. The number of carbonyl (C=O) groups excluding carboxylic acids is 1. The van der Waals surface area contributed by atoms with Crippen molar-refractivity contribution in [3.63, 3.8) is 0 Å². The zero-order valence-corrected chi connectivity index (χ0v) is 12.5. The fraction of sp³-hybridized carbons (Fsp3) is 0.846. The first-order valence-corrected chi connectivity index (χ1v) is 7.86. The van der Waals surface area contributed by atoms with Crippen LogP contribution < -0.4 is 0 Å². The quantitative estimate of drug-likeness (QED) is 0.795. The SMILES string of the molecule is CC1SCCN(C(=O)N2C[C@@H](C)[C@H](C(=O)O)C2)C1C. The maximum atomic E-state index is 12.5. The summed E-state index contributed by atoms with van der Waals surface area (Å²) in [4.78, 5) is 27.2. The van der Waals surface area contributed by atoms with E-state index in [1.54, 1.807) is 4.90 Å². The zero-order valence-electron chi connectivity index (χ0n) is 11.7. The second-order valence-corrected chi connectivity index (χ2v) is 7.10. The van der Waals surface area contributed by atoms with E-state index in [1.807, 2.05) is 23.6 Å². The number of carboxylic acids is 1. The molecule has 0 saturated carbocycles. The van der Waals surface area contributed by atoms with Crippen molar-refractivity contribution >= 4 is 23.8 Å². The van der Waals surface area contributed by atoms with Crippen molar-refractivity contribution < 1.29 is 14.7 Å². The van der Waals surface area contributed by atoms with Crippen LogP contribution in [0.2, 0.25) is 0 Å². The molecule has 2 heterocycles. The van der Waals surface area contributed by atoms with Gasteiger partial charge in [0.05, 0.1) is 5.92 Å². The first-order chi connectivity index (χ1) is 8.91. The molecule has 0 aromatic heterocycles.